The molecule has 5 heteroatoms. The largest absolute Gasteiger partial charge is 0.336 e. The Morgan fingerprint density at radius 1 is 0.741 bits per heavy atom. The molecule has 0 spiro atoms. The topological polar surface area (TPSA) is 53.5 Å². The summed E-state index contributed by atoms with van der Waals surface area (Å²) in [6.07, 6.45) is 0. The minimum atomic E-state index is -0.262. The Hall–Kier alpha value is -3.47. The van der Waals surface area contributed by atoms with Gasteiger partial charge in [-0.1, -0.05) is 54.6 Å². The molecule has 0 radical (unpaired) electrons. The third-order valence-corrected chi connectivity index (χ3v) is 4.24. The van der Waals surface area contributed by atoms with Crippen molar-refractivity contribution >= 4 is 17.5 Å². The number of hydrogen-bond acceptors (Lipinski definition) is 3. The summed E-state index contributed by atoms with van der Waals surface area (Å²) in [7, 11) is 3.41. The molecule has 3 rings (SSSR count). The molecule has 1 aromatic heterocycles. The maximum atomic E-state index is 12.7. The molecule has 0 unspecified atom stereocenters. The third kappa shape index (κ3) is 4.39. The van der Waals surface area contributed by atoms with Gasteiger partial charge in [0.2, 0.25) is 0 Å². The Labute approximate surface area is 158 Å². The second-order valence-corrected chi connectivity index (χ2v) is 6.25. The van der Waals surface area contributed by atoms with Crippen LogP contribution in [0.4, 0.5) is 5.69 Å². The lowest BCUT2D eigenvalue weighted by atomic mass is 10.2. The Kier molecular flexibility index (Phi) is 5.61. The van der Waals surface area contributed by atoms with Gasteiger partial charge in [0.15, 0.2) is 0 Å². The van der Waals surface area contributed by atoms with E-state index < -0.39 is 0 Å². The van der Waals surface area contributed by atoms with Crippen LogP contribution in [0, 0.1) is 0 Å². The van der Waals surface area contributed by atoms with Crippen molar-refractivity contribution in [3.05, 3.63) is 95.8 Å². The maximum Gasteiger partial charge on any atom is 0.276 e. The highest BCUT2D eigenvalue weighted by atomic mass is 16.2. The molecule has 0 saturated carbocycles. The van der Waals surface area contributed by atoms with Crippen LogP contribution in [0.3, 0.4) is 0 Å². The average Bonchev–Trinajstić information content (AvgIpc) is 2.73. The number of para-hydroxylation sites is 1. The molecule has 3 aromatic rings. The Morgan fingerprint density at radius 3 is 1.93 bits per heavy atom. The molecular weight excluding hydrogens is 338 g/mol. The van der Waals surface area contributed by atoms with E-state index in [0.717, 1.165) is 11.3 Å². The van der Waals surface area contributed by atoms with E-state index in [1.165, 1.54) is 4.90 Å². The summed E-state index contributed by atoms with van der Waals surface area (Å²) in [6, 6.07) is 24.0. The molecule has 0 atom stereocenters. The molecule has 27 heavy (non-hydrogen) atoms. The SMILES string of the molecule is CN(Cc1ccccc1)C(=O)c1cccc(C(=O)N(C)c2ccccc2)n1. The molecule has 2 amide bonds. The van der Waals surface area contributed by atoms with Crippen LogP contribution in [-0.2, 0) is 6.54 Å². The van der Waals surface area contributed by atoms with Crippen molar-refractivity contribution in [2.24, 2.45) is 0 Å². The quantitative estimate of drug-likeness (QED) is 0.699. The summed E-state index contributed by atoms with van der Waals surface area (Å²) < 4.78 is 0. The number of aromatic nitrogens is 1. The molecule has 0 saturated heterocycles. The Bertz CT molecular complexity index is 927. The predicted molar refractivity (Wildman–Crippen MR) is 106 cm³/mol. The predicted octanol–water partition coefficient (Wildman–Crippen LogP) is 3.63. The number of pyridine rings is 1. The number of carbonyl (C=O) groups is 2. The summed E-state index contributed by atoms with van der Waals surface area (Å²) in [5.74, 6) is -0.488. The normalized spacial score (nSPS) is 10.3. The number of carbonyl (C=O) groups excluding carboxylic acids is 2. The molecule has 0 bridgehead atoms. The number of nitrogens with zero attached hydrogens (tertiary/aromatic N) is 3. The van der Waals surface area contributed by atoms with E-state index in [-0.39, 0.29) is 23.2 Å². The monoisotopic (exact) mass is 359 g/mol. The zero-order valence-corrected chi connectivity index (χ0v) is 15.4. The molecule has 0 aliphatic rings. The molecule has 136 valence electrons. The van der Waals surface area contributed by atoms with Gasteiger partial charge in [0.25, 0.3) is 11.8 Å². The lowest BCUT2D eigenvalue weighted by Gasteiger charge is -2.19. The minimum absolute atomic E-state index is 0.226. The first-order chi connectivity index (χ1) is 13.1. The lowest BCUT2D eigenvalue weighted by Crippen LogP contribution is -2.30. The first-order valence-electron chi connectivity index (χ1n) is 8.66. The summed E-state index contributed by atoms with van der Waals surface area (Å²) in [5, 5.41) is 0. The standard InChI is InChI=1S/C22H21N3O2/c1-24(16-17-10-5-3-6-11-17)21(26)19-14-9-15-20(23-19)22(27)25(2)18-12-7-4-8-13-18/h3-15H,16H2,1-2H3. The average molecular weight is 359 g/mol. The lowest BCUT2D eigenvalue weighted by molar-refractivity contribution is 0.0779. The number of amides is 2. The van der Waals surface area contributed by atoms with Crippen LogP contribution < -0.4 is 4.90 Å². The van der Waals surface area contributed by atoms with E-state index in [2.05, 4.69) is 4.98 Å². The van der Waals surface area contributed by atoms with Crippen LogP contribution in [0.1, 0.15) is 26.5 Å². The summed E-state index contributed by atoms with van der Waals surface area (Å²) in [4.78, 5) is 32.8. The first-order valence-corrected chi connectivity index (χ1v) is 8.66. The number of anilines is 1. The van der Waals surface area contributed by atoms with E-state index in [1.54, 1.807) is 37.2 Å². The summed E-state index contributed by atoms with van der Waals surface area (Å²) >= 11 is 0. The summed E-state index contributed by atoms with van der Waals surface area (Å²) in [6.45, 7) is 0.476. The van der Waals surface area contributed by atoms with Crippen molar-refractivity contribution < 1.29 is 9.59 Å². The molecule has 5 nitrogen and oxygen atoms in total. The van der Waals surface area contributed by atoms with Crippen LogP contribution in [-0.4, -0.2) is 35.8 Å². The van der Waals surface area contributed by atoms with Crippen LogP contribution in [0.15, 0.2) is 78.9 Å². The third-order valence-electron chi connectivity index (χ3n) is 4.24. The molecule has 2 aromatic carbocycles. The fraction of sp³-hybridized carbons (Fsp3) is 0.136. The maximum absolute atomic E-state index is 12.7. The highest BCUT2D eigenvalue weighted by Gasteiger charge is 2.19. The van der Waals surface area contributed by atoms with Crippen LogP contribution >= 0.6 is 0 Å². The number of benzene rings is 2. The van der Waals surface area contributed by atoms with Crippen LogP contribution in [0.5, 0.6) is 0 Å². The molecule has 0 fully saturated rings. The van der Waals surface area contributed by atoms with Gasteiger partial charge in [-0.25, -0.2) is 4.98 Å². The van der Waals surface area contributed by atoms with Gasteiger partial charge in [0, 0.05) is 26.3 Å². The minimum Gasteiger partial charge on any atom is -0.336 e. The molecule has 0 aliphatic carbocycles. The Balaban J connectivity index is 1.76. The van der Waals surface area contributed by atoms with Gasteiger partial charge in [0.05, 0.1) is 0 Å². The smallest absolute Gasteiger partial charge is 0.276 e. The van der Waals surface area contributed by atoms with E-state index in [0.29, 0.717) is 6.54 Å². The molecular formula is C22H21N3O2. The van der Waals surface area contributed by atoms with Crippen molar-refractivity contribution in [3.63, 3.8) is 0 Å². The zero-order chi connectivity index (χ0) is 19.2. The van der Waals surface area contributed by atoms with Crippen LogP contribution in [0.2, 0.25) is 0 Å². The fourth-order valence-electron chi connectivity index (χ4n) is 2.74. The van der Waals surface area contributed by atoms with Gasteiger partial charge >= 0.3 is 0 Å². The van der Waals surface area contributed by atoms with Crippen LogP contribution in [0.25, 0.3) is 0 Å². The van der Waals surface area contributed by atoms with E-state index in [9.17, 15) is 9.59 Å². The highest BCUT2D eigenvalue weighted by molar-refractivity contribution is 6.05. The van der Waals surface area contributed by atoms with Gasteiger partial charge < -0.3 is 9.80 Å². The second kappa shape index (κ2) is 8.27. The fourth-order valence-corrected chi connectivity index (χ4v) is 2.74. The van der Waals surface area contributed by atoms with Crippen molar-refractivity contribution in [1.82, 2.24) is 9.88 Å². The van der Waals surface area contributed by atoms with Gasteiger partial charge in [-0.3, -0.25) is 9.59 Å². The molecule has 1 heterocycles. The second-order valence-electron chi connectivity index (χ2n) is 6.25. The Morgan fingerprint density at radius 2 is 1.30 bits per heavy atom. The molecule has 0 aliphatic heterocycles. The number of hydrogen-bond donors (Lipinski definition) is 0. The highest BCUT2D eigenvalue weighted by Crippen LogP contribution is 2.15. The molecule has 0 N–H and O–H groups in total. The summed E-state index contributed by atoms with van der Waals surface area (Å²) in [5.41, 5.74) is 2.28. The van der Waals surface area contributed by atoms with E-state index in [4.69, 9.17) is 0 Å². The van der Waals surface area contributed by atoms with E-state index in [1.807, 2.05) is 60.7 Å². The van der Waals surface area contributed by atoms with E-state index >= 15 is 0 Å². The van der Waals surface area contributed by atoms with Crippen molar-refractivity contribution in [2.75, 3.05) is 19.0 Å². The van der Waals surface area contributed by atoms with Gasteiger partial charge in [-0.05, 0) is 29.8 Å². The van der Waals surface area contributed by atoms with Gasteiger partial charge in [-0.15, -0.1) is 0 Å². The van der Waals surface area contributed by atoms with Gasteiger partial charge in [0.1, 0.15) is 11.4 Å². The number of rotatable bonds is 5. The first kappa shape index (κ1) is 18.3. The van der Waals surface area contributed by atoms with Crippen molar-refractivity contribution in [1.29, 1.82) is 0 Å². The van der Waals surface area contributed by atoms with Crippen molar-refractivity contribution in [2.45, 2.75) is 6.54 Å². The van der Waals surface area contributed by atoms with Gasteiger partial charge in [-0.2, -0.15) is 0 Å². The van der Waals surface area contributed by atoms with Crippen molar-refractivity contribution in [3.8, 4) is 0 Å². The zero-order valence-electron chi connectivity index (χ0n) is 15.4.